The van der Waals surface area contributed by atoms with Crippen LogP contribution in [0.3, 0.4) is 0 Å². The highest BCUT2D eigenvalue weighted by atomic mass is 79.9. The van der Waals surface area contributed by atoms with Gasteiger partial charge in [0.15, 0.2) is 0 Å². The van der Waals surface area contributed by atoms with Gasteiger partial charge in [0.1, 0.15) is 5.82 Å². The van der Waals surface area contributed by atoms with Gasteiger partial charge in [-0.15, -0.1) is 16.9 Å². The van der Waals surface area contributed by atoms with Crippen molar-refractivity contribution in [2.75, 3.05) is 11.1 Å². The van der Waals surface area contributed by atoms with Crippen LogP contribution in [0.1, 0.15) is 5.69 Å². The molecule has 0 atom stereocenters. The molecule has 1 heterocycles. The average molecular weight is 330 g/mol. The van der Waals surface area contributed by atoms with Crippen molar-refractivity contribution in [2.45, 2.75) is 17.9 Å². The first-order chi connectivity index (χ1) is 8.78. The molecule has 1 aromatic carbocycles. The van der Waals surface area contributed by atoms with Gasteiger partial charge in [-0.1, -0.05) is 21.1 Å². The van der Waals surface area contributed by atoms with Gasteiger partial charge in [-0.05, 0) is 24.3 Å². The van der Waals surface area contributed by atoms with E-state index in [4.69, 9.17) is 0 Å². The van der Waals surface area contributed by atoms with Crippen LogP contribution in [-0.4, -0.2) is 26.1 Å². The van der Waals surface area contributed by atoms with Crippen molar-refractivity contribution in [3.8, 4) is 0 Å². The third-order valence-electron chi connectivity index (χ3n) is 2.34. The van der Waals surface area contributed by atoms with Gasteiger partial charge >= 0.3 is 0 Å². The van der Waals surface area contributed by atoms with E-state index in [-0.39, 0.29) is 5.82 Å². The molecule has 0 aliphatic carbocycles. The van der Waals surface area contributed by atoms with E-state index in [0.29, 0.717) is 0 Å². The Morgan fingerprint density at radius 3 is 2.78 bits per heavy atom. The van der Waals surface area contributed by atoms with Gasteiger partial charge in [-0.2, -0.15) is 0 Å². The third kappa shape index (κ3) is 4.10. The predicted octanol–water partition coefficient (Wildman–Crippen LogP) is 3.15. The van der Waals surface area contributed by atoms with E-state index < -0.39 is 0 Å². The second kappa shape index (κ2) is 6.89. The van der Waals surface area contributed by atoms with Gasteiger partial charge in [0, 0.05) is 28.6 Å². The van der Waals surface area contributed by atoms with E-state index in [0.717, 1.165) is 34.6 Å². The highest BCUT2D eigenvalue weighted by molar-refractivity contribution is 9.09. The van der Waals surface area contributed by atoms with Crippen LogP contribution in [-0.2, 0) is 13.0 Å². The number of alkyl halides is 1. The molecule has 0 N–H and O–H groups in total. The smallest absolute Gasteiger partial charge is 0.123 e. The molecule has 0 bridgehead atoms. The average Bonchev–Trinajstić information content (AvgIpc) is 2.80. The zero-order valence-corrected chi connectivity index (χ0v) is 12.1. The van der Waals surface area contributed by atoms with E-state index >= 15 is 0 Å². The first-order valence-electron chi connectivity index (χ1n) is 5.61. The summed E-state index contributed by atoms with van der Waals surface area (Å²) in [5, 5.41) is 9.02. The summed E-state index contributed by atoms with van der Waals surface area (Å²) in [6.07, 6.45) is 2.86. The summed E-state index contributed by atoms with van der Waals surface area (Å²) in [4.78, 5) is 1.07. The first kappa shape index (κ1) is 13.5. The molecular formula is C12H13BrFN3S. The molecule has 18 heavy (non-hydrogen) atoms. The molecule has 2 rings (SSSR count). The van der Waals surface area contributed by atoms with Crippen molar-refractivity contribution in [1.82, 2.24) is 15.0 Å². The van der Waals surface area contributed by atoms with Crippen LogP contribution in [0.2, 0.25) is 0 Å². The minimum atomic E-state index is -0.199. The van der Waals surface area contributed by atoms with Crippen LogP contribution in [0.15, 0.2) is 35.4 Å². The molecule has 0 saturated carbocycles. The van der Waals surface area contributed by atoms with Crippen molar-refractivity contribution in [3.63, 3.8) is 0 Å². The molecule has 96 valence electrons. The summed E-state index contributed by atoms with van der Waals surface area (Å²) in [5.41, 5.74) is 0.999. The number of thioether (sulfide) groups is 1. The lowest BCUT2D eigenvalue weighted by molar-refractivity contribution is 0.626. The summed E-state index contributed by atoms with van der Waals surface area (Å²) >= 11 is 5.05. The van der Waals surface area contributed by atoms with Crippen LogP contribution in [0.5, 0.6) is 0 Å². The monoisotopic (exact) mass is 329 g/mol. The maximum Gasteiger partial charge on any atom is 0.123 e. The normalized spacial score (nSPS) is 10.8. The Kier molecular flexibility index (Phi) is 5.19. The summed E-state index contributed by atoms with van der Waals surface area (Å²) in [6.45, 7) is 0.803. The van der Waals surface area contributed by atoms with E-state index in [1.54, 1.807) is 23.9 Å². The molecule has 0 aliphatic heterocycles. The number of hydrogen-bond donors (Lipinski definition) is 0. The van der Waals surface area contributed by atoms with Gasteiger partial charge in [-0.25, -0.2) is 4.39 Å². The topological polar surface area (TPSA) is 30.7 Å². The van der Waals surface area contributed by atoms with Crippen molar-refractivity contribution in [3.05, 3.63) is 42.0 Å². The molecule has 6 heteroatoms. The number of rotatable bonds is 6. The maximum absolute atomic E-state index is 12.7. The summed E-state index contributed by atoms with van der Waals surface area (Å²) in [5.74, 6) is 0.693. The van der Waals surface area contributed by atoms with Crippen LogP contribution in [0.4, 0.5) is 4.39 Å². The second-order valence-electron chi connectivity index (χ2n) is 3.71. The van der Waals surface area contributed by atoms with Gasteiger partial charge in [0.05, 0.1) is 12.2 Å². The molecule has 1 aromatic heterocycles. The first-order valence-corrected chi connectivity index (χ1v) is 7.72. The molecule has 0 amide bonds. The fraction of sp³-hybridized carbons (Fsp3) is 0.333. The van der Waals surface area contributed by atoms with E-state index in [1.807, 2.05) is 10.9 Å². The zero-order chi connectivity index (χ0) is 12.8. The number of nitrogens with zero attached hydrogens (tertiary/aromatic N) is 3. The van der Waals surface area contributed by atoms with Gasteiger partial charge in [0.25, 0.3) is 0 Å². The van der Waals surface area contributed by atoms with Crippen LogP contribution < -0.4 is 0 Å². The van der Waals surface area contributed by atoms with Crippen LogP contribution in [0.25, 0.3) is 0 Å². The van der Waals surface area contributed by atoms with E-state index in [9.17, 15) is 4.39 Å². The lowest BCUT2D eigenvalue weighted by Crippen LogP contribution is -2.01. The number of benzene rings is 1. The lowest BCUT2D eigenvalue weighted by Gasteiger charge is -2.01. The Morgan fingerprint density at radius 1 is 1.28 bits per heavy atom. The van der Waals surface area contributed by atoms with Crippen molar-refractivity contribution in [1.29, 1.82) is 0 Å². The Labute approximate surface area is 118 Å². The van der Waals surface area contributed by atoms with Crippen molar-refractivity contribution >= 4 is 27.7 Å². The molecule has 0 fully saturated rings. The Morgan fingerprint density at radius 2 is 2.06 bits per heavy atom. The molecule has 3 nitrogen and oxygen atoms in total. The fourth-order valence-electron chi connectivity index (χ4n) is 1.45. The Hall–Kier alpha value is -0.880. The number of aryl methyl sites for hydroxylation is 2. The minimum Gasteiger partial charge on any atom is -0.251 e. The van der Waals surface area contributed by atoms with Gasteiger partial charge in [0.2, 0.25) is 0 Å². The quantitative estimate of drug-likeness (QED) is 0.602. The number of hydrogen-bond acceptors (Lipinski definition) is 3. The zero-order valence-electron chi connectivity index (χ0n) is 9.72. The molecular weight excluding hydrogens is 317 g/mol. The molecule has 2 aromatic rings. The minimum absolute atomic E-state index is 0.199. The lowest BCUT2D eigenvalue weighted by atomic mass is 10.4. The second-order valence-corrected chi connectivity index (χ2v) is 5.68. The number of aromatic nitrogens is 3. The standard InChI is InChI=1S/C12H13BrFN3S/c13-6-5-11-9-17(16-15-11)7-8-18-12-3-1-10(14)2-4-12/h1-4,9H,5-8H2. The van der Waals surface area contributed by atoms with Crippen LogP contribution >= 0.6 is 27.7 Å². The Bertz CT molecular complexity index is 486. The maximum atomic E-state index is 12.7. The molecule has 0 unspecified atom stereocenters. The summed E-state index contributed by atoms with van der Waals surface area (Å²) in [6, 6.07) is 6.53. The highest BCUT2D eigenvalue weighted by Gasteiger charge is 2.00. The summed E-state index contributed by atoms with van der Waals surface area (Å²) < 4.78 is 14.6. The van der Waals surface area contributed by atoms with E-state index in [1.165, 1.54) is 12.1 Å². The van der Waals surface area contributed by atoms with Crippen molar-refractivity contribution in [2.24, 2.45) is 0 Å². The Balaban J connectivity index is 1.79. The third-order valence-corrected chi connectivity index (χ3v) is 3.73. The largest absolute Gasteiger partial charge is 0.251 e. The molecule has 0 spiro atoms. The SMILES string of the molecule is Fc1ccc(SCCn2cc(CCBr)nn2)cc1. The number of halogens is 2. The van der Waals surface area contributed by atoms with Gasteiger partial charge < -0.3 is 0 Å². The van der Waals surface area contributed by atoms with Crippen molar-refractivity contribution < 1.29 is 4.39 Å². The van der Waals surface area contributed by atoms with Crippen LogP contribution in [0, 0.1) is 5.82 Å². The molecule has 0 aliphatic rings. The van der Waals surface area contributed by atoms with Gasteiger partial charge in [-0.3, -0.25) is 4.68 Å². The predicted molar refractivity (Wildman–Crippen MR) is 74.6 cm³/mol. The molecule has 0 saturated heterocycles. The molecule has 0 radical (unpaired) electrons. The summed E-state index contributed by atoms with van der Waals surface area (Å²) in [7, 11) is 0. The fourth-order valence-corrected chi connectivity index (χ4v) is 2.70. The highest BCUT2D eigenvalue weighted by Crippen LogP contribution is 2.18. The van der Waals surface area contributed by atoms with E-state index in [2.05, 4.69) is 26.2 Å².